The lowest BCUT2D eigenvalue weighted by Crippen LogP contribution is -2.44. The number of aliphatic hydroxyl groups is 2. The third-order valence-electron chi connectivity index (χ3n) is 8.36. The number of carbonyl (C=O) groups is 1. The smallest absolute Gasteiger partial charge is 0.343 e. The summed E-state index contributed by atoms with van der Waals surface area (Å²) in [6.07, 6.45) is 1.41. The fraction of sp³-hybridized carbons (Fsp3) is 0.444. The van der Waals surface area contributed by atoms with Gasteiger partial charge in [-0.2, -0.15) is 0 Å². The monoisotopic (exact) mass is 529 g/mol. The van der Waals surface area contributed by atoms with Crippen molar-refractivity contribution in [3.8, 4) is 11.4 Å². The molecule has 1 aromatic carbocycles. The van der Waals surface area contributed by atoms with E-state index in [0.717, 1.165) is 22.1 Å². The lowest BCUT2D eigenvalue weighted by atomic mass is 9.74. The molecular formula is C27H29ClFN3O5. The summed E-state index contributed by atoms with van der Waals surface area (Å²) in [5.74, 6) is -1.10. The van der Waals surface area contributed by atoms with Gasteiger partial charge in [-0.1, -0.05) is 6.92 Å². The zero-order valence-electron chi connectivity index (χ0n) is 20.9. The molecule has 0 unspecified atom stereocenters. The van der Waals surface area contributed by atoms with Crippen LogP contribution in [0.15, 0.2) is 16.9 Å². The minimum absolute atomic E-state index is 0. The van der Waals surface area contributed by atoms with Gasteiger partial charge < -0.3 is 24.8 Å². The van der Waals surface area contributed by atoms with Gasteiger partial charge in [-0.3, -0.25) is 4.79 Å². The van der Waals surface area contributed by atoms with E-state index in [4.69, 9.17) is 9.72 Å². The second kappa shape index (κ2) is 8.59. The fourth-order valence-corrected chi connectivity index (χ4v) is 6.32. The number of nitrogens with zero attached hydrogens (tertiary/aromatic N) is 2. The number of carbonyl (C=O) groups excluding carboxylic acids is 1. The maximum atomic E-state index is 14.9. The number of fused-ring (bicyclic) bond motifs is 5. The number of rotatable bonds is 4. The number of benzene rings is 1. The molecule has 10 heteroatoms. The van der Waals surface area contributed by atoms with E-state index in [-0.39, 0.29) is 61.1 Å². The minimum Gasteiger partial charge on any atom is -0.458 e. The average molecular weight is 530 g/mol. The lowest BCUT2D eigenvalue weighted by molar-refractivity contribution is -0.172. The Hall–Kier alpha value is -2.85. The van der Waals surface area contributed by atoms with Crippen molar-refractivity contribution in [2.24, 2.45) is 0 Å². The van der Waals surface area contributed by atoms with Crippen LogP contribution in [-0.4, -0.2) is 38.9 Å². The molecular weight excluding hydrogens is 501 g/mol. The Morgan fingerprint density at radius 2 is 2.00 bits per heavy atom. The first-order valence-electron chi connectivity index (χ1n) is 12.3. The molecule has 8 nitrogen and oxygen atoms in total. The fourth-order valence-electron chi connectivity index (χ4n) is 6.32. The molecule has 2 atom stereocenters. The molecule has 0 radical (unpaired) electrons. The van der Waals surface area contributed by atoms with E-state index in [1.807, 2.05) is 0 Å². The van der Waals surface area contributed by atoms with Crippen molar-refractivity contribution < 1.29 is 24.1 Å². The predicted molar refractivity (Wildman–Crippen MR) is 137 cm³/mol. The Kier molecular flexibility index (Phi) is 5.99. The second-order valence-corrected chi connectivity index (χ2v) is 10.3. The van der Waals surface area contributed by atoms with E-state index in [9.17, 15) is 24.2 Å². The SMILES string of the molecule is CC[C@@]1(O)C(=O)OCc2c1cc1n(c2=O)Cc2c-1nc1cc(F)c(C)c3c1c2[C@](C)(NCCO)CC3.Cl. The summed E-state index contributed by atoms with van der Waals surface area (Å²) in [4.78, 5) is 31.0. The topological polar surface area (TPSA) is 114 Å². The molecule has 196 valence electrons. The second-order valence-electron chi connectivity index (χ2n) is 10.3. The number of ether oxygens (including phenoxy) is 1. The third kappa shape index (κ3) is 3.34. The molecule has 0 bridgehead atoms. The van der Waals surface area contributed by atoms with Gasteiger partial charge in [0.2, 0.25) is 0 Å². The highest BCUT2D eigenvalue weighted by atomic mass is 35.5. The number of cyclic esters (lactones) is 1. The van der Waals surface area contributed by atoms with Crippen molar-refractivity contribution in [3.63, 3.8) is 0 Å². The first-order chi connectivity index (χ1) is 17.1. The number of aromatic nitrogens is 2. The number of nitrogens with one attached hydrogen (secondary N) is 1. The minimum atomic E-state index is -1.91. The van der Waals surface area contributed by atoms with E-state index in [0.29, 0.717) is 41.9 Å². The van der Waals surface area contributed by atoms with Crippen LogP contribution in [0.3, 0.4) is 0 Å². The van der Waals surface area contributed by atoms with Gasteiger partial charge in [0.25, 0.3) is 5.56 Å². The molecule has 1 aliphatic carbocycles. The number of aliphatic hydroxyl groups excluding tert-OH is 1. The largest absolute Gasteiger partial charge is 0.458 e. The van der Waals surface area contributed by atoms with Crippen LogP contribution in [0, 0.1) is 12.7 Å². The third-order valence-corrected chi connectivity index (χ3v) is 8.36. The molecule has 4 heterocycles. The van der Waals surface area contributed by atoms with Crippen molar-refractivity contribution in [1.29, 1.82) is 0 Å². The Labute approximate surface area is 218 Å². The standard InChI is InChI=1S/C27H28FN3O5.ClH/c1-4-27(35)17-9-20-23-15(11-31(20)24(33)16(17)12-36-25(27)34)22-21-14(5-6-26(22,3)29-7-8-32)13(2)18(28)10-19(21)30-23;/h9-10,29,32,35H,4-8,11-12H2,1-3H3;1H/t26-,27+;/m1./s1. The van der Waals surface area contributed by atoms with Crippen LogP contribution in [0.5, 0.6) is 0 Å². The van der Waals surface area contributed by atoms with Crippen LogP contribution in [0.2, 0.25) is 0 Å². The summed E-state index contributed by atoms with van der Waals surface area (Å²) in [5.41, 5.74) is 2.60. The molecule has 6 rings (SSSR count). The van der Waals surface area contributed by atoms with E-state index >= 15 is 0 Å². The van der Waals surface area contributed by atoms with Crippen LogP contribution < -0.4 is 10.9 Å². The van der Waals surface area contributed by atoms with Crippen molar-refractivity contribution in [2.75, 3.05) is 13.2 Å². The van der Waals surface area contributed by atoms with Crippen molar-refractivity contribution in [1.82, 2.24) is 14.9 Å². The van der Waals surface area contributed by atoms with Crippen molar-refractivity contribution in [3.05, 3.63) is 61.7 Å². The summed E-state index contributed by atoms with van der Waals surface area (Å²) >= 11 is 0. The predicted octanol–water partition coefficient (Wildman–Crippen LogP) is 2.69. The van der Waals surface area contributed by atoms with Crippen LogP contribution in [-0.2, 0) is 40.2 Å². The van der Waals surface area contributed by atoms with Crippen LogP contribution in [0.25, 0.3) is 22.3 Å². The van der Waals surface area contributed by atoms with E-state index in [1.165, 1.54) is 6.07 Å². The van der Waals surface area contributed by atoms with Crippen LogP contribution in [0.4, 0.5) is 4.39 Å². The highest BCUT2D eigenvalue weighted by Gasteiger charge is 2.46. The molecule has 3 aliphatic rings. The Morgan fingerprint density at radius 3 is 2.70 bits per heavy atom. The van der Waals surface area contributed by atoms with Gasteiger partial charge in [0.1, 0.15) is 12.4 Å². The highest BCUT2D eigenvalue weighted by Crippen LogP contribution is 2.47. The molecule has 3 aromatic rings. The maximum Gasteiger partial charge on any atom is 0.343 e. The molecule has 0 saturated heterocycles. The van der Waals surface area contributed by atoms with Gasteiger partial charge in [0.05, 0.1) is 35.6 Å². The van der Waals surface area contributed by atoms with Crippen molar-refractivity contribution >= 4 is 29.3 Å². The van der Waals surface area contributed by atoms with Gasteiger partial charge in [0, 0.05) is 34.7 Å². The average Bonchev–Trinajstić information content (AvgIpc) is 3.23. The molecule has 3 N–H and O–H groups in total. The summed E-state index contributed by atoms with van der Waals surface area (Å²) in [6.45, 7) is 5.93. The molecule has 0 saturated carbocycles. The molecule has 0 amide bonds. The summed E-state index contributed by atoms with van der Waals surface area (Å²) in [7, 11) is 0. The maximum absolute atomic E-state index is 14.9. The van der Waals surface area contributed by atoms with Crippen LogP contribution >= 0.6 is 12.4 Å². The number of halogens is 2. The molecule has 0 spiro atoms. The molecule has 2 aliphatic heterocycles. The van der Waals surface area contributed by atoms with Gasteiger partial charge in [-0.05, 0) is 55.9 Å². The molecule has 2 aromatic heterocycles. The number of esters is 1. The first kappa shape index (κ1) is 25.8. The summed E-state index contributed by atoms with van der Waals surface area (Å²) < 4.78 is 21.7. The van der Waals surface area contributed by atoms with Crippen LogP contribution in [0.1, 0.15) is 60.1 Å². The number of hydrogen-bond acceptors (Lipinski definition) is 7. The molecule has 37 heavy (non-hydrogen) atoms. The Morgan fingerprint density at radius 1 is 1.24 bits per heavy atom. The number of hydrogen-bond donors (Lipinski definition) is 3. The van der Waals surface area contributed by atoms with Gasteiger partial charge in [-0.15, -0.1) is 12.4 Å². The highest BCUT2D eigenvalue weighted by molar-refractivity contribution is 5.93. The zero-order valence-corrected chi connectivity index (χ0v) is 21.7. The summed E-state index contributed by atoms with van der Waals surface area (Å²) in [6, 6.07) is 3.11. The van der Waals surface area contributed by atoms with E-state index in [1.54, 1.807) is 24.5 Å². The molecule has 0 fully saturated rings. The van der Waals surface area contributed by atoms with E-state index in [2.05, 4.69) is 12.2 Å². The zero-order chi connectivity index (χ0) is 25.6. The number of pyridine rings is 2. The van der Waals surface area contributed by atoms with Gasteiger partial charge in [0.15, 0.2) is 5.60 Å². The lowest BCUT2D eigenvalue weighted by Gasteiger charge is -2.38. The van der Waals surface area contributed by atoms with E-state index < -0.39 is 17.1 Å². The normalized spacial score (nSPS) is 23.2. The number of aryl methyl sites for hydroxylation is 1. The van der Waals surface area contributed by atoms with Gasteiger partial charge in [-0.25, -0.2) is 14.2 Å². The quantitative estimate of drug-likeness (QED) is 0.348. The Balaban J connectivity index is 0.00000280. The van der Waals surface area contributed by atoms with Gasteiger partial charge >= 0.3 is 5.97 Å². The van der Waals surface area contributed by atoms with Crippen molar-refractivity contribution in [2.45, 2.75) is 64.3 Å². The summed E-state index contributed by atoms with van der Waals surface area (Å²) in [5, 5.41) is 25.0. The Bertz CT molecular complexity index is 1550. The first-order valence-corrected chi connectivity index (χ1v) is 12.3.